The van der Waals surface area contributed by atoms with Crippen molar-refractivity contribution in [2.24, 2.45) is 0 Å². The Labute approximate surface area is 442 Å². The summed E-state index contributed by atoms with van der Waals surface area (Å²) in [6.07, 6.45) is 3.21. The molecule has 3 aromatic rings. The summed E-state index contributed by atoms with van der Waals surface area (Å²) in [4.78, 5) is 130. The first kappa shape index (κ1) is 58.5. The molecule has 0 radical (unpaired) electrons. The average Bonchev–Trinajstić information content (AvgIpc) is 4.14. The van der Waals surface area contributed by atoms with E-state index in [4.69, 9.17) is 42.9 Å². The number of para-hydroxylation sites is 1. The van der Waals surface area contributed by atoms with E-state index in [1.807, 2.05) is 30.3 Å². The van der Waals surface area contributed by atoms with E-state index in [-0.39, 0.29) is 134 Å². The van der Waals surface area contributed by atoms with Crippen LogP contribution in [-0.4, -0.2) is 173 Å². The summed E-state index contributed by atoms with van der Waals surface area (Å²) in [6, 6.07) is 9.95. The van der Waals surface area contributed by atoms with Crippen molar-refractivity contribution in [2.75, 3.05) is 98.8 Å². The molecule has 3 aliphatic heterocycles. The number of aromatic nitrogens is 2. The number of hydrogen-bond donors (Lipinski definition) is 5. The number of rotatable bonds is 32. The molecular formula is C51H64N8O18. The van der Waals surface area contributed by atoms with Crippen molar-refractivity contribution in [1.29, 1.82) is 0 Å². The van der Waals surface area contributed by atoms with Crippen LogP contribution in [0.15, 0.2) is 53.3 Å². The second-order valence-corrected chi connectivity index (χ2v) is 17.6. The number of cyclic esters (lactones) is 1. The third-order valence-corrected chi connectivity index (χ3v) is 12.1. The number of amides is 7. The molecule has 1 aromatic carbocycles. The van der Waals surface area contributed by atoms with E-state index in [2.05, 4.69) is 26.6 Å². The maximum absolute atomic E-state index is 13.8. The fourth-order valence-electron chi connectivity index (χ4n) is 8.21. The molecule has 3 aliphatic rings. The van der Waals surface area contributed by atoms with Crippen molar-refractivity contribution in [1.82, 2.24) is 41.0 Å². The molecule has 5 N–H and O–H groups in total. The van der Waals surface area contributed by atoms with Crippen molar-refractivity contribution < 1.29 is 81.0 Å². The van der Waals surface area contributed by atoms with Gasteiger partial charge in [0, 0.05) is 67.8 Å². The number of nitrogens with one attached hydrogen (secondary N) is 5. The number of fused-ring (bicyclic) bond motifs is 5. The van der Waals surface area contributed by atoms with Crippen LogP contribution in [0.1, 0.15) is 62.6 Å². The van der Waals surface area contributed by atoms with Gasteiger partial charge in [0.15, 0.2) is 0 Å². The van der Waals surface area contributed by atoms with Gasteiger partial charge in [0.2, 0.25) is 23.3 Å². The highest BCUT2D eigenvalue weighted by atomic mass is 16.6. The molecule has 1 unspecified atom stereocenters. The molecule has 416 valence electrons. The van der Waals surface area contributed by atoms with Gasteiger partial charge in [-0.05, 0) is 44.4 Å². The van der Waals surface area contributed by atoms with Gasteiger partial charge in [0.25, 0.3) is 17.4 Å². The molecule has 26 nitrogen and oxygen atoms in total. The van der Waals surface area contributed by atoms with Crippen LogP contribution in [-0.2, 0) is 90.2 Å². The van der Waals surface area contributed by atoms with Gasteiger partial charge in [-0.25, -0.2) is 24.2 Å². The van der Waals surface area contributed by atoms with Crippen molar-refractivity contribution in [3.63, 3.8) is 0 Å². The highest BCUT2D eigenvalue weighted by Gasteiger charge is 2.51. The fraction of sp³-hybridized carbons (Fsp3) is 0.510. The minimum absolute atomic E-state index is 0.0134. The molecule has 26 heteroatoms. The van der Waals surface area contributed by atoms with E-state index in [1.165, 1.54) is 24.0 Å². The molecular weight excluding hydrogens is 1010 g/mol. The van der Waals surface area contributed by atoms with Crippen molar-refractivity contribution in [3.05, 3.63) is 75.6 Å². The van der Waals surface area contributed by atoms with Crippen LogP contribution in [0.3, 0.4) is 0 Å². The first-order valence-corrected chi connectivity index (χ1v) is 25.3. The zero-order chi connectivity index (χ0) is 55.2. The number of unbranched alkanes of at least 4 members (excludes halogenated alkanes) is 2. The molecule has 2 atom stereocenters. The van der Waals surface area contributed by atoms with E-state index >= 15 is 0 Å². The standard InChI is InChI=1S/C51H64N8O18/c1-3-51(37-28-39-45-35(27-34-9-6-7-10-38(34)57-45)29-59(39)46(65)36(37)30-76-48(51)67)77-47(66)33(2)56-42(62)32-73-22-17-55-50(69)75-26-24-71-20-15-53-41(61)31-72-21-16-54-49(68)74-25-23-70-19-14-52-40(60)11-5-4-8-18-58-43(63)12-13-44(58)64/h6-7,9-10,12-13,27-28,33H,3-5,8,11,14-26,29-32H2,1-2H3,(H,52,60)(H,53,61)(H,54,68)(H,55,69)(H,56,62)/t33?,51-/m0/s1. The highest BCUT2D eigenvalue weighted by Crippen LogP contribution is 2.41. The van der Waals surface area contributed by atoms with Gasteiger partial charge in [0.1, 0.15) is 39.1 Å². The van der Waals surface area contributed by atoms with Crippen LogP contribution >= 0.6 is 0 Å². The smallest absolute Gasteiger partial charge is 0.407 e. The lowest BCUT2D eigenvalue weighted by molar-refractivity contribution is -0.190. The van der Waals surface area contributed by atoms with Crippen molar-refractivity contribution in [2.45, 2.75) is 70.7 Å². The Bertz CT molecular complexity index is 2710. The summed E-state index contributed by atoms with van der Waals surface area (Å²) >= 11 is 0. The maximum atomic E-state index is 13.8. The number of benzene rings is 1. The van der Waals surface area contributed by atoms with Gasteiger partial charge in [0.05, 0.1) is 68.7 Å². The summed E-state index contributed by atoms with van der Waals surface area (Å²) in [5, 5.41) is 13.6. The Morgan fingerprint density at radius 3 is 1.99 bits per heavy atom. The van der Waals surface area contributed by atoms with E-state index < -0.39 is 59.7 Å². The Morgan fingerprint density at radius 1 is 0.714 bits per heavy atom. The zero-order valence-electron chi connectivity index (χ0n) is 42.9. The van der Waals surface area contributed by atoms with E-state index in [0.717, 1.165) is 16.5 Å². The molecule has 7 amide bonds. The van der Waals surface area contributed by atoms with Crippen LogP contribution in [0, 0.1) is 0 Å². The molecule has 0 saturated heterocycles. The minimum Gasteiger partial charge on any atom is -0.457 e. The summed E-state index contributed by atoms with van der Waals surface area (Å²) in [5.74, 6) is -3.66. The first-order chi connectivity index (χ1) is 37.2. The van der Waals surface area contributed by atoms with E-state index in [1.54, 1.807) is 17.6 Å². The largest absolute Gasteiger partial charge is 0.457 e. The lowest BCUT2D eigenvalue weighted by Gasteiger charge is -2.36. The number of imide groups is 1. The summed E-state index contributed by atoms with van der Waals surface area (Å²) in [7, 11) is 0. The van der Waals surface area contributed by atoms with Crippen LogP contribution in [0.5, 0.6) is 0 Å². The van der Waals surface area contributed by atoms with Crippen LogP contribution in [0.2, 0.25) is 0 Å². The highest BCUT2D eigenvalue weighted by molar-refractivity contribution is 6.12. The number of ether oxygens (including phenoxy) is 8. The molecule has 0 spiro atoms. The van der Waals surface area contributed by atoms with Gasteiger partial charge in [-0.2, -0.15) is 0 Å². The summed E-state index contributed by atoms with van der Waals surface area (Å²) in [6.45, 7) is 3.44. The third kappa shape index (κ3) is 16.8. The van der Waals surface area contributed by atoms with Crippen LogP contribution in [0.25, 0.3) is 22.3 Å². The molecule has 0 bridgehead atoms. The van der Waals surface area contributed by atoms with Gasteiger partial charge < -0.3 is 69.0 Å². The Hall–Kier alpha value is -7.81. The monoisotopic (exact) mass is 1080 g/mol. The SMILES string of the molecule is CC[C@@]1(OC(=O)C(C)NC(=O)COCCNC(=O)OCCOCCNC(=O)COCCNC(=O)OCCOCCNC(=O)CCCCCN2C(=O)C=CC2=O)C(=O)OCc2c1cc1n(c2=O)Cc2cc3ccccc3nc2-1. The number of alkyl carbamates (subject to hydrolysis) is 2. The van der Waals surface area contributed by atoms with Gasteiger partial charge >= 0.3 is 24.1 Å². The van der Waals surface area contributed by atoms with E-state index in [0.29, 0.717) is 43.6 Å². The average molecular weight is 1080 g/mol. The predicted octanol–water partition coefficient (Wildman–Crippen LogP) is 0.372. The Balaban J connectivity index is 0.721. The summed E-state index contributed by atoms with van der Waals surface area (Å²) in [5.41, 5.74) is 0.662. The first-order valence-electron chi connectivity index (χ1n) is 25.3. The number of carbonyl (C=O) groups is 9. The second-order valence-electron chi connectivity index (χ2n) is 17.6. The molecule has 0 saturated carbocycles. The molecule has 2 aromatic heterocycles. The third-order valence-electron chi connectivity index (χ3n) is 12.1. The fourth-order valence-corrected chi connectivity index (χ4v) is 8.21. The minimum atomic E-state index is -1.96. The predicted molar refractivity (Wildman–Crippen MR) is 268 cm³/mol. The summed E-state index contributed by atoms with van der Waals surface area (Å²) < 4.78 is 44.1. The Morgan fingerprint density at radius 2 is 1.32 bits per heavy atom. The normalized spacial score (nSPS) is 15.5. The number of hydrogen-bond acceptors (Lipinski definition) is 19. The number of nitrogens with zero attached hydrogens (tertiary/aromatic N) is 3. The van der Waals surface area contributed by atoms with Crippen molar-refractivity contribution >= 4 is 64.6 Å². The molecule has 77 heavy (non-hydrogen) atoms. The van der Waals surface area contributed by atoms with Gasteiger partial charge in [-0.15, -0.1) is 0 Å². The topological polar surface area (TPSA) is 326 Å². The lowest BCUT2D eigenvalue weighted by atomic mass is 9.85. The van der Waals surface area contributed by atoms with Gasteiger partial charge in [-0.1, -0.05) is 31.5 Å². The number of carbonyl (C=O) groups excluding carboxylic acids is 9. The molecule has 5 heterocycles. The Kier molecular flexibility index (Phi) is 22.4. The van der Waals surface area contributed by atoms with Gasteiger partial charge in [-0.3, -0.25) is 33.7 Å². The van der Waals surface area contributed by atoms with Crippen LogP contribution < -0.4 is 32.1 Å². The van der Waals surface area contributed by atoms with Crippen LogP contribution in [0.4, 0.5) is 9.59 Å². The maximum Gasteiger partial charge on any atom is 0.407 e. The quantitative estimate of drug-likeness (QED) is 0.0191. The number of esters is 2. The molecule has 0 aliphatic carbocycles. The second kappa shape index (κ2) is 29.5. The number of pyridine rings is 2. The molecule has 0 fully saturated rings. The molecule has 6 rings (SSSR count). The van der Waals surface area contributed by atoms with E-state index in [9.17, 15) is 47.9 Å². The zero-order valence-corrected chi connectivity index (χ0v) is 42.9. The van der Waals surface area contributed by atoms with Crippen molar-refractivity contribution in [3.8, 4) is 11.4 Å². The lowest BCUT2D eigenvalue weighted by Crippen LogP contribution is -2.51.